The van der Waals surface area contributed by atoms with E-state index in [-0.39, 0.29) is 4.90 Å². The van der Waals surface area contributed by atoms with Crippen LogP contribution in [0.15, 0.2) is 0 Å². The zero-order chi connectivity index (χ0) is 13.7. The van der Waals surface area contributed by atoms with E-state index in [9.17, 15) is 27.2 Å². The van der Waals surface area contributed by atoms with Crippen molar-refractivity contribution in [3.8, 4) is 0 Å². The van der Waals surface area contributed by atoms with Crippen molar-refractivity contribution < 1.29 is 37.4 Å². The quantitative estimate of drug-likeness (QED) is 0.468. The van der Waals surface area contributed by atoms with Crippen molar-refractivity contribution in [2.45, 2.75) is 11.8 Å². The monoisotopic (exact) mass is 261 g/mol. The van der Waals surface area contributed by atoms with Crippen LogP contribution in [0, 0.1) is 0 Å². The van der Waals surface area contributed by atoms with Gasteiger partial charge >= 0.3 is 11.8 Å². The smallest absolute Gasteiger partial charge is 0.393 e. The fraction of sp³-hybridized carbons (Fsp3) is 0.750. The number of carbonyl (C=O) groups excluding carboxylic acids is 2. The Labute approximate surface area is 93.6 Å². The molecule has 0 bridgehead atoms. The summed E-state index contributed by atoms with van der Waals surface area (Å²) in [6.45, 7) is -2.78. The molecule has 0 radical (unpaired) electrons. The van der Waals surface area contributed by atoms with Gasteiger partial charge in [-0.3, -0.25) is 9.59 Å². The van der Waals surface area contributed by atoms with Gasteiger partial charge in [-0.15, -0.1) is 0 Å². The van der Waals surface area contributed by atoms with Gasteiger partial charge in [0.15, 0.2) is 6.29 Å². The van der Waals surface area contributed by atoms with Gasteiger partial charge in [-0.05, 0) is 0 Å². The van der Waals surface area contributed by atoms with E-state index in [1.165, 1.54) is 0 Å². The van der Waals surface area contributed by atoms with E-state index in [0.29, 0.717) is 0 Å². The maximum Gasteiger partial charge on any atom is 0.393 e. The molecule has 0 atom stereocenters. The predicted molar refractivity (Wildman–Crippen MR) is 46.7 cm³/mol. The van der Waals surface area contributed by atoms with Crippen LogP contribution in [-0.2, 0) is 9.59 Å². The SMILES string of the molecule is O=CC(F)(F)C(F)(F)C(=O)N(CCO)CCO. The molecular formula is C8H11F4NO4. The molecule has 0 spiro atoms. The second-order valence-corrected chi connectivity index (χ2v) is 3.05. The van der Waals surface area contributed by atoms with Crippen molar-refractivity contribution in [2.24, 2.45) is 0 Å². The Kier molecular flexibility index (Phi) is 5.49. The van der Waals surface area contributed by atoms with Crippen LogP contribution in [0.25, 0.3) is 0 Å². The van der Waals surface area contributed by atoms with Crippen LogP contribution in [0.2, 0.25) is 0 Å². The molecule has 0 aliphatic carbocycles. The lowest BCUT2D eigenvalue weighted by Gasteiger charge is -2.28. The first-order valence-electron chi connectivity index (χ1n) is 4.47. The van der Waals surface area contributed by atoms with Crippen molar-refractivity contribution in [2.75, 3.05) is 26.3 Å². The molecule has 0 aromatic heterocycles. The van der Waals surface area contributed by atoms with E-state index in [1.54, 1.807) is 0 Å². The molecule has 0 heterocycles. The molecule has 5 nitrogen and oxygen atoms in total. The van der Waals surface area contributed by atoms with E-state index in [2.05, 4.69) is 0 Å². The Hall–Kier alpha value is -1.22. The Balaban J connectivity index is 5.03. The molecule has 0 fully saturated rings. The molecule has 0 saturated carbocycles. The topological polar surface area (TPSA) is 77.8 Å². The standard InChI is InChI=1S/C8H11F4NO4/c9-7(10,5-16)8(11,12)6(17)13(1-3-14)2-4-15/h5,14-15H,1-4H2. The molecule has 0 aliphatic heterocycles. The number of rotatable bonds is 7. The van der Waals surface area contributed by atoms with Gasteiger partial charge in [0.1, 0.15) is 0 Å². The first-order chi connectivity index (χ1) is 7.74. The van der Waals surface area contributed by atoms with Gasteiger partial charge in [-0.25, -0.2) is 0 Å². The third-order valence-electron chi connectivity index (χ3n) is 1.86. The first-order valence-corrected chi connectivity index (χ1v) is 4.47. The Morgan fingerprint density at radius 1 is 1.12 bits per heavy atom. The summed E-state index contributed by atoms with van der Waals surface area (Å²) in [6.07, 6.45) is -1.32. The molecule has 9 heteroatoms. The van der Waals surface area contributed by atoms with Crippen molar-refractivity contribution in [1.82, 2.24) is 4.90 Å². The number of aliphatic hydroxyl groups is 2. The van der Waals surface area contributed by atoms with E-state index in [1.807, 2.05) is 0 Å². The number of carbonyl (C=O) groups is 2. The molecule has 2 N–H and O–H groups in total. The fourth-order valence-corrected chi connectivity index (χ4v) is 0.971. The van der Waals surface area contributed by atoms with Gasteiger partial charge < -0.3 is 15.1 Å². The summed E-state index contributed by atoms with van der Waals surface area (Å²) in [7, 11) is 0. The van der Waals surface area contributed by atoms with Gasteiger partial charge in [-0.1, -0.05) is 0 Å². The summed E-state index contributed by atoms with van der Waals surface area (Å²) < 4.78 is 51.0. The first kappa shape index (κ1) is 15.8. The molecule has 0 unspecified atom stereocenters. The summed E-state index contributed by atoms with van der Waals surface area (Å²) in [5.74, 6) is -12.7. The van der Waals surface area contributed by atoms with Crippen LogP contribution in [0.3, 0.4) is 0 Å². The van der Waals surface area contributed by atoms with Crippen molar-refractivity contribution in [3.05, 3.63) is 0 Å². The van der Waals surface area contributed by atoms with Gasteiger partial charge in [0.2, 0.25) is 0 Å². The van der Waals surface area contributed by atoms with Gasteiger partial charge in [-0.2, -0.15) is 17.6 Å². The normalized spacial score (nSPS) is 12.4. The van der Waals surface area contributed by atoms with Crippen LogP contribution in [0.1, 0.15) is 0 Å². The van der Waals surface area contributed by atoms with Gasteiger partial charge in [0, 0.05) is 13.1 Å². The van der Waals surface area contributed by atoms with Crippen LogP contribution < -0.4 is 0 Å². The molecule has 0 rings (SSSR count). The van der Waals surface area contributed by atoms with Crippen molar-refractivity contribution >= 4 is 12.2 Å². The van der Waals surface area contributed by atoms with E-state index in [4.69, 9.17) is 10.2 Å². The predicted octanol–water partition coefficient (Wildman–Crippen LogP) is -0.731. The Bertz CT molecular complexity index is 279. The Morgan fingerprint density at radius 2 is 1.53 bits per heavy atom. The number of nitrogens with zero attached hydrogens (tertiary/aromatic N) is 1. The highest BCUT2D eigenvalue weighted by molar-refractivity contribution is 5.89. The molecule has 1 amide bonds. The summed E-state index contributed by atoms with van der Waals surface area (Å²) in [5, 5.41) is 16.9. The fourth-order valence-electron chi connectivity index (χ4n) is 0.971. The zero-order valence-corrected chi connectivity index (χ0v) is 8.58. The summed E-state index contributed by atoms with van der Waals surface area (Å²) in [5.41, 5.74) is 0. The minimum Gasteiger partial charge on any atom is -0.395 e. The molecular weight excluding hydrogens is 250 g/mol. The second kappa shape index (κ2) is 5.92. The number of hydrogen-bond acceptors (Lipinski definition) is 4. The highest BCUT2D eigenvalue weighted by atomic mass is 19.3. The molecule has 100 valence electrons. The molecule has 17 heavy (non-hydrogen) atoms. The average Bonchev–Trinajstić information content (AvgIpc) is 2.27. The summed E-state index contributed by atoms with van der Waals surface area (Å²) in [6, 6.07) is 0. The maximum atomic E-state index is 13.0. The highest BCUT2D eigenvalue weighted by Crippen LogP contribution is 2.34. The summed E-state index contributed by atoms with van der Waals surface area (Å²) in [4.78, 5) is 21.0. The largest absolute Gasteiger partial charge is 0.395 e. The highest BCUT2D eigenvalue weighted by Gasteiger charge is 2.63. The third kappa shape index (κ3) is 3.37. The number of halogens is 4. The minimum atomic E-state index is -5.21. The van der Waals surface area contributed by atoms with Crippen molar-refractivity contribution in [3.63, 3.8) is 0 Å². The number of aldehydes is 1. The van der Waals surface area contributed by atoms with E-state index in [0.717, 1.165) is 0 Å². The molecule has 0 aromatic carbocycles. The second-order valence-electron chi connectivity index (χ2n) is 3.05. The number of amides is 1. The lowest BCUT2D eigenvalue weighted by molar-refractivity contribution is -0.210. The van der Waals surface area contributed by atoms with Gasteiger partial charge in [0.25, 0.3) is 5.91 Å². The number of aliphatic hydroxyl groups excluding tert-OH is 2. The lowest BCUT2D eigenvalue weighted by Crippen LogP contribution is -2.55. The molecule has 0 aliphatic rings. The zero-order valence-electron chi connectivity index (χ0n) is 8.58. The van der Waals surface area contributed by atoms with Crippen LogP contribution in [0.4, 0.5) is 17.6 Å². The van der Waals surface area contributed by atoms with E-state index >= 15 is 0 Å². The average molecular weight is 261 g/mol. The minimum absolute atomic E-state index is 0.150. The molecule has 0 aromatic rings. The maximum absolute atomic E-state index is 13.0. The summed E-state index contributed by atoms with van der Waals surface area (Å²) >= 11 is 0. The Morgan fingerprint density at radius 3 is 1.82 bits per heavy atom. The van der Waals surface area contributed by atoms with Crippen molar-refractivity contribution in [1.29, 1.82) is 0 Å². The van der Waals surface area contributed by atoms with Crippen LogP contribution in [0.5, 0.6) is 0 Å². The van der Waals surface area contributed by atoms with Gasteiger partial charge in [0.05, 0.1) is 13.2 Å². The number of hydrogen-bond donors (Lipinski definition) is 2. The third-order valence-corrected chi connectivity index (χ3v) is 1.86. The van der Waals surface area contributed by atoms with E-state index < -0.39 is 50.3 Å². The molecule has 0 saturated heterocycles. The van der Waals surface area contributed by atoms with Crippen LogP contribution >= 0.6 is 0 Å². The number of alkyl halides is 4. The van der Waals surface area contributed by atoms with Crippen LogP contribution in [-0.4, -0.2) is 65.5 Å². The lowest BCUT2D eigenvalue weighted by atomic mass is 10.1.